The fourth-order valence-corrected chi connectivity index (χ4v) is 4.68. The van der Waals surface area contributed by atoms with Gasteiger partial charge in [0.15, 0.2) is 0 Å². The molecule has 0 radical (unpaired) electrons. The van der Waals surface area contributed by atoms with Gasteiger partial charge < -0.3 is 9.64 Å². The molecule has 2 aliphatic heterocycles. The van der Waals surface area contributed by atoms with Gasteiger partial charge in [0.2, 0.25) is 0 Å². The molecule has 6 heteroatoms. The van der Waals surface area contributed by atoms with E-state index in [9.17, 15) is 9.59 Å². The molecular weight excluding hydrogens is 402 g/mol. The summed E-state index contributed by atoms with van der Waals surface area (Å²) < 4.78 is 5.82. The highest BCUT2D eigenvalue weighted by Gasteiger charge is 2.47. The third-order valence-corrected chi connectivity index (χ3v) is 6.48. The molecule has 32 heavy (non-hydrogen) atoms. The van der Waals surface area contributed by atoms with E-state index in [0.29, 0.717) is 50.1 Å². The topological polar surface area (TPSA) is 73.6 Å². The zero-order chi connectivity index (χ0) is 22.1. The first-order valence-corrected chi connectivity index (χ1v) is 10.8. The maximum absolute atomic E-state index is 13.2. The molecule has 0 aliphatic carbocycles. The minimum atomic E-state index is -0.542. The third-order valence-electron chi connectivity index (χ3n) is 6.48. The van der Waals surface area contributed by atoms with Gasteiger partial charge in [0.05, 0.1) is 18.2 Å². The van der Waals surface area contributed by atoms with Crippen molar-refractivity contribution in [1.29, 1.82) is 5.26 Å². The van der Waals surface area contributed by atoms with Crippen LogP contribution in [0.5, 0.6) is 0 Å². The molecule has 2 heterocycles. The number of hydrogen-bond donors (Lipinski definition) is 0. The van der Waals surface area contributed by atoms with Gasteiger partial charge in [-0.1, -0.05) is 48.5 Å². The molecule has 6 nitrogen and oxygen atoms in total. The number of fused-ring (bicyclic) bond motifs is 1. The highest BCUT2D eigenvalue weighted by molar-refractivity contribution is 6.07. The van der Waals surface area contributed by atoms with E-state index in [1.807, 2.05) is 59.5 Å². The van der Waals surface area contributed by atoms with E-state index in [1.165, 1.54) is 0 Å². The van der Waals surface area contributed by atoms with Crippen molar-refractivity contribution in [1.82, 2.24) is 9.80 Å². The molecule has 0 aromatic heterocycles. The molecular formula is C26H23N3O3. The number of carbonyl (C=O) groups excluding carboxylic acids is 2. The molecule has 3 aromatic carbocycles. The predicted molar refractivity (Wildman–Crippen MR) is 120 cm³/mol. The number of benzene rings is 3. The Morgan fingerprint density at radius 2 is 1.72 bits per heavy atom. The number of nitriles is 1. The summed E-state index contributed by atoms with van der Waals surface area (Å²) >= 11 is 0. The fourth-order valence-electron chi connectivity index (χ4n) is 4.68. The Bertz CT molecular complexity index is 1220. The van der Waals surface area contributed by atoms with Crippen molar-refractivity contribution >= 4 is 22.8 Å². The highest BCUT2D eigenvalue weighted by atomic mass is 16.6. The Morgan fingerprint density at radius 1 is 1.00 bits per heavy atom. The van der Waals surface area contributed by atoms with Crippen molar-refractivity contribution in [2.75, 3.05) is 19.6 Å². The molecule has 2 aliphatic rings. The largest absolute Gasteiger partial charge is 0.441 e. The monoisotopic (exact) mass is 425 g/mol. The number of hydrogen-bond acceptors (Lipinski definition) is 4. The first-order chi connectivity index (χ1) is 15.6. The summed E-state index contributed by atoms with van der Waals surface area (Å²) in [5.74, 6) is 0.0235. The smallest absolute Gasteiger partial charge is 0.410 e. The lowest BCUT2D eigenvalue weighted by Crippen LogP contribution is -2.48. The maximum Gasteiger partial charge on any atom is 0.410 e. The van der Waals surface area contributed by atoms with Gasteiger partial charge in [-0.25, -0.2) is 4.79 Å². The summed E-state index contributed by atoms with van der Waals surface area (Å²) in [5.41, 5.74) is 1.73. The van der Waals surface area contributed by atoms with Crippen LogP contribution in [0.25, 0.3) is 10.8 Å². The molecule has 2 amide bonds. The van der Waals surface area contributed by atoms with E-state index < -0.39 is 5.60 Å². The van der Waals surface area contributed by atoms with E-state index in [-0.39, 0.29) is 12.0 Å². The molecule has 0 atom stereocenters. The van der Waals surface area contributed by atoms with Crippen LogP contribution in [-0.4, -0.2) is 47.0 Å². The molecule has 3 aromatic rings. The quantitative estimate of drug-likeness (QED) is 0.626. The van der Waals surface area contributed by atoms with Crippen molar-refractivity contribution in [3.8, 4) is 6.07 Å². The second-order valence-corrected chi connectivity index (χ2v) is 8.53. The van der Waals surface area contributed by atoms with Crippen LogP contribution in [0.15, 0.2) is 66.7 Å². The van der Waals surface area contributed by atoms with Gasteiger partial charge in [-0.2, -0.15) is 5.26 Å². The lowest BCUT2D eigenvalue weighted by atomic mass is 9.90. The molecule has 0 saturated carbocycles. The molecule has 0 N–H and O–H groups in total. The molecule has 0 unspecified atom stereocenters. The van der Waals surface area contributed by atoms with Gasteiger partial charge in [-0.3, -0.25) is 9.69 Å². The summed E-state index contributed by atoms with van der Waals surface area (Å²) in [6, 6.07) is 23.1. The molecule has 5 rings (SSSR count). The van der Waals surface area contributed by atoms with E-state index in [0.717, 1.165) is 16.3 Å². The first-order valence-electron chi connectivity index (χ1n) is 10.8. The number of amides is 2. The summed E-state index contributed by atoms with van der Waals surface area (Å²) in [4.78, 5) is 29.3. The average Bonchev–Trinajstić information content (AvgIpc) is 3.13. The summed E-state index contributed by atoms with van der Waals surface area (Å²) in [7, 11) is 0. The normalized spacial score (nSPS) is 17.4. The van der Waals surface area contributed by atoms with Gasteiger partial charge in [0, 0.05) is 38.0 Å². The van der Waals surface area contributed by atoms with E-state index >= 15 is 0 Å². The Labute approximate surface area is 186 Å². The van der Waals surface area contributed by atoms with Crippen LogP contribution >= 0.6 is 0 Å². The second-order valence-electron chi connectivity index (χ2n) is 8.53. The third kappa shape index (κ3) is 3.67. The number of carbonyl (C=O) groups is 2. The highest BCUT2D eigenvalue weighted by Crippen LogP contribution is 2.35. The standard InChI is InChI=1S/C26H23N3O3/c27-16-19-8-10-20(11-9-19)17-29-18-26(32-25(29)31)12-14-28(15-13-26)24(30)23-7-3-5-21-4-1-2-6-22(21)23/h1-11H,12-15,17-18H2. The molecule has 160 valence electrons. The van der Waals surface area contributed by atoms with Crippen molar-refractivity contribution in [2.45, 2.75) is 25.0 Å². The molecule has 1 spiro atoms. The minimum absolute atomic E-state index is 0.0235. The van der Waals surface area contributed by atoms with Crippen LogP contribution in [-0.2, 0) is 11.3 Å². The lowest BCUT2D eigenvalue weighted by Gasteiger charge is -2.37. The van der Waals surface area contributed by atoms with Crippen LogP contribution in [0, 0.1) is 11.3 Å². The maximum atomic E-state index is 13.2. The Morgan fingerprint density at radius 3 is 2.47 bits per heavy atom. The van der Waals surface area contributed by atoms with Gasteiger partial charge in [0.25, 0.3) is 5.91 Å². The first kappa shape index (κ1) is 20.1. The molecule has 2 saturated heterocycles. The molecule has 0 bridgehead atoms. The van der Waals surface area contributed by atoms with Crippen LogP contribution in [0.4, 0.5) is 4.79 Å². The number of nitrogens with zero attached hydrogens (tertiary/aromatic N) is 3. The van der Waals surface area contributed by atoms with Gasteiger partial charge in [-0.05, 0) is 34.5 Å². The SMILES string of the molecule is N#Cc1ccc(CN2CC3(CCN(C(=O)c4cccc5ccccc45)CC3)OC2=O)cc1. The number of ether oxygens (including phenoxy) is 1. The lowest BCUT2D eigenvalue weighted by molar-refractivity contribution is 0.00319. The van der Waals surface area contributed by atoms with Crippen LogP contribution < -0.4 is 0 Å². The van der Waals surface area contributed by atoms with Crippen molar-refractivity contribution < 1.29 is 14.3 Å². The summed E-state index contributed by atoms with van der Waals surface area (Å²) in [6.45, 7) is 2.08. The number of piperidine rings is 1. The van der Waals surface area contributed by atoms with Gasteiger partial charge in [-0.15, -0.1) is 0 Å². The van der Waals surface area contributed by atoms with Gasteiger partial charge >= 0.3 is 6.09 Å². The Hall–Kier alpha value is -3.85. The van der Waals surface area contributed by atoms with E-state index in [2.05, 4.69) is 6.07 Å². The summed E-state index contributed by atoms with van der Waals surface area (Å²) in [5, 5.41) is 11.0. The van der Waals surface area contributed by atoms with Gasteiger partial charge in [0.1, 0.15) is 5.60 Å². The predicted octanol–water partition coefficient (Wildman–Crippen LogP) is 4.34. The van der Waals surface area contributed by atoms with Crippen LogP contribution in [0.1, 0.15) is 34.3 Å². The zero-order valence-electron chi connectivity index (χ0n) is 17.7. The van der Waals surface area contributed by atoms with Crippen LogP contribution in [0.2, 0.25) is 0 Å². The number of likely N-dealkylation sites (tertiary alicyclic amines) is 1. The van der Waals surface area contributed by atoms with E-state index in [1.54, 1.807) is 17.0 Å². The van der Waals surface area contributed by atoms with Crippen molar-refractivity contribution in [3.63, 3.8) is 0 Å². The molecule has 2 fully saturated rings. The summed E-state index contributed by atoms with van der Waals surface area (Å²) in [6.07, 6.45) is 0.932. The van der Waals surface area contributed by atoms with Crippen molar-refractivity contribution in [2.24, 2.45) is 0 Å². The average molecular weight is 425 g/mol. The van der Waals surface area contributed by atoms with Crippen LogP contribution in [0.3, 0.4) is 0 Å². The minimum Gasteiger partial charge on any atom is -0.441 e. The fraction of sp³-hybridized carbons (Fsp3) is 0.269. The number of rotatable bonds is 3. The van der Waals surface area contributed by atoms with Crippen molar-refractivity contribution in [3.05, 3.63) is 83.4 Å². The Kier molecular flexibility index (Phi) is 5.02. The second kappa shape index (κ2) is 8.01. The Balaban J connectivity index is 1.25. The van der Waals surface area contributed by atoms with E-state index in [4.69, 9.17) is 10.00 Å². The zero-order valence-corrected chi connectivity index (χ0v) is 17.7.